The normalized spacial score (nSPS) is 20.7. The number of hydrogen-bond acceptors (Lipinski definition) is 5. The Morgan fingerprint density at radius 2 is 2.53 bits per heavy atom. The molecule has 3 N–H and O–H groups in total. The summed E-state index contributed by atoms with van der Waals surface area (Å²) in [5, 5.41) is 11.5. The third kappa shape index (κ3) is 3.57. The molecular formula is C13H20N4O2. The van der Waals surface area contributed by atoms with E-state index in [0.717, 1.165) is 6.42 Å². The Morgan fingerprint density at radius 1 is 1.68 bits per heavy atom. The van der Waals surface area contributed by atoms with Gasteiger partial charge in [-0.05, 0) is 38.9 Å². The summed E-state index contributed by atoms with van der Waals surface area (Å²) in [6.45, 7) is 1.84. The summed E-state index contributed by atoms with van der Waals surface area (Å²) >= 11 is 0. The number of ether oxygens (including phenoxy) is 1. The van der Waals surface area contributed by atoms with Gasteiger partial charge in [0.15, 0.2) is 5.84 Å². The third-order valence-electron chi connectivity index (χ3n) is 3.49. The zero-order chi connectivity index (χ0) is 13.7. The van der Waals surface area contributed by atoms with Crippen molar-refractivity contribution < 1.29 is 9.94 Å². The molecule has 1 aromatic heterocycles. The maximum absolute atomic E-state index is 8.60. The molecule has 1 fully saturated rings. The van der Waals surface area contributed by atoms with Crippen LogP contribution >= 0.6 is 0 Å². The van der Waals surface area contributed by atoms with Gasteiger partial charge in [-0.3, -0.25) is 4.98 Å². The molecule has 0 bridgehead atoms. The number of oxime groups is 1. The van der Waals surface area contributed by atoms with Crippen LogP contribution in [0.3, 0.4) is 0 Å². The lowest BCUT2D eigenvalue weighted by Gasteiger charge is -2.19. The Bertz CT molecular complexity index is 450. The van der Waals surface area contributed by atoms with Gasteiger partial charge in [0.1, 0.15) is 11.4 Å². The Morgan fingerprint density at radius 3 is 3.21 bits per heavy atom. The molecular weight excluding hydrogens is 244 g/mol. The number of nitrogens with two attached hydrogens (primary N) is 1. The number of hydrogen-bond donors (Lipinski definition) is 2. The van der Waals surface area contributed by atoms with Crippen LogP contribution in [0.15, 0.2) is 23.5 Å². The monoisotopic (exact) mass is 264 g/mol. The number of pyridine rings is 1. The van der Waals surface area contributed by atoms with Gasteiger partial charge < -0.3 is 20.6 Å². The molecule has 0 aliphatic carbocycles. The quantitative estimate of drug-likeness (QED) is 0.359. The van der Waals surface area contributed by atoms with Crippen molar-refractivity contribution in [2.75, 3.05) is 20.2 Å². The van der Waals surface area contributed by atoms with E-state index in [1.807, 2.05) is 0 Å². The second-order valence-electron chi connectivity index (χ2n) is 4.78. The first-order chi connectivity index (χ1) is 9.20. The van der Waals surface area contributed by atoms with Crippen LogP contribution in [0.5, 0.6) is 5.75 Å². The van der Waals surface area contributed by atoms with E-state index >= 15 is 0 Å². The fourth-order valence-corrected chi connectivity index (χ4v) is 2.35. The van der Waals surface area contributed by atoms with E-state index in [0.29, 0.717) is 24.1 Å². The molecule has 6 nitrogen and oxygen atoms in total. The fraction of sp³-hybridized carbons (Fsp3) is 0.538. The molecule has 2 heterocycles. The van der Waals surface area contributed by atoms with Gasteiger partial charge in [-0.1, -0.05) is 5.16 Å². The van der Waals surface area contributed by atoms with E-state index in [4.69, 9.17) is 15.7 Å². The van der Waals surface area contributed by atoms with Crippen LogP contribution in [0.4, 0.5) is 0 Å². The van der Waals surface area contributed by atoms with Gasteiger partial charge in [0.25, 0.3) is 0 Å². The topological polar surface area (TPSA) is 84.0 Å². The van der Waals surface area contributed by atoms with Gasteiger partial charge in [0.05, 0.1) is 6.61 Å². The number of rotatable bonds is 5. The summed E-state index contributed by atoms with van der Waals surface area (Å²) in [6, 6.07) is 4.06. The summed E-state index contributed by atoms with van der Waals surface area (Å²) in [7, 11) is 2.15. The van der Waals surface area contributed by atoms with Crippen molar-refractivity contribution in [1.29, 1.82) is 0 Å². The van der Waals surface area contributed by atoms with Gasteiger partial charge in [-0.25, -0.2) is 0 Å². The first-order valence-electron chi connectivity index (χ1n) is 6.47. The van der Waals surface area contributed by atoms with Crippen LogP contribution < -0.4 is 10.5 Å². The summed E-state index contributed by atoms with van der Waals surface area (Å²) < 4.78 is 5.69. The molecule has 0 aromatic carbocycles. The van der Waals surface area contributed by atoms with E-state index in [1.54, 1.807) is 18.3 Å². The molecule has 0 radical (unpaired) electrons. The van der Waals surface area contributed by atoms with Crippen LogP contribution in [0.1, 0.15) is 25.0 Å². The fourth-order valence-electron chi connectivity index (χ4n) is 2.35. The molecule has 2 rings (SSSR count). The maximum Gasteiger partial charge on any atom is 0.188 e. The second-order valence-corrected chi connectivity index (χ2v) is 4.78. The number of aromatic nitrogens is 1. The Kier molecular flexibility index (Phi) is 4.57. The number of nitrogens with zero attached hydrogens (tertiary/aromatic N) is 3. The minimum Gasteiger partial charge on any atom is -0.493 e. The SMILES string of the molecule is CN1CCCC1CCOc1ccnc(C(N)=NO)c1. The van der Waals surface area contributed by atoms with E-state index in [-0.39, 0.29) is 5.84 Å². The minimum absolute atomic E-state index is 0.0130. The lowest BCUT2D eigenvalue weighted by Crippen LogP contribution is -2.26. The van der Waals surface area contributed by atoms with Crippen molar-refractivity contribution in [3.8, 4) is 5.75 Å². The van der Waals surface area contributed by atoms with Crippen LogP contribution in [-0.4, -0.2) is 47.2 Å². The van der Waals surface area contributed by atoms with Gasteiger partial charge in [-0.2, -0.15) is 0 Å². The molecule has 1 aromatic rings. The first kappa shape index (κ1) is 13.6. The van der Waals surface area contributed by atoms with Crippen molar-refractivity contribution in [3.63, 3.8) is 0 Å². The van der Waals surface area contributed by atoms with Crippen molar-refractivity contribution >= 4 is 5.84 Å². The lowest BCUT2D eigenvalue weighted by atomic mass is 10.1. The molecule has 1 aliphatic rings. The molecule has 1 atom stereocenters. The lowest BCUT2D eigenvalue weighted by molar-refractivity contribution is 0.233. The second kappa shape index (κ2) is 6.38. The summed E-state index contributed by atoms with van der Waals surface area (Å²) in [5.74, 6) is 0.679. The average Bonchev–Trinajstić information content (AvgIpc) is 2.84. The highest BCUT2D eigenvalue weighted by atomic mass is 16.5. The minimum atomic E-state index is -0.0130. The molecule has 19 heavy (non-hydrogen) atoms. The van der Waals surface area contributed by atoms with Gasteiger partial charge >= 0.3 is 0 Å². The highest BCUT2D eigenvalue weighted by Crippen LogP contribution is 2.18. The van der Waals surface area contributed by atoms with Crippen molar-refractivity contribution in [2.45, 2.75) is 25.3 Å². The highest BCUT2D eigenvalue weighted by molar-refractivity contribution is 5.95. The molecule has 1 aliphatic heterocycles. The molecule has 1 unspecified atom stereocenters. The zero-order valence-electron chi connectivity index (χ0n) is 11.1. The van der Waals surface area contributed by atoms with Crippen LogP contribution in [0, 0.1) is 0 Å². The predicted octanol–water partition coefficient (Wildman–Crippen LogP) is 1.04. The van der Waals surface area contributed by atoms with Crippen molar-refractivity contribution in [2.24, 2.45) is 10.9 Å². The number of amidine groups is 1. The third-order valence-corrected chi connectivity index (χ3v) is 3.49. The average molecular weight is 264 g/mol. The van der Waals surface area contributed by atoms with Gasteiger partial charge in [-0.15, -0.1) is 0 Å². The maximum atomic E-state index is 8.60. The molecule has 0 spiro atoms. The van der Waals surface area contributed by atoms with E-state index < -0.39 is 0 Å². The molecule has 1 saturated heterocycles. The van der Waals surface area contributed by atoms with E-state index in [1.165, 1.54) is 19.4 Å². The van der Waals surface area contributed by atoms with Gasteiger partial charge in [0, 0.05) is 18.3 Å². The molecule has 104 valence electrons. The molecule has 0 saturated carbocycles. The standard InChI is InChI=1S/C13H20N4O2/c1-17-7-2-3-10(17)5-8-19-11-4-6-15-12(9-11)13(14)16-18/h4,6,9-10,18H,2-3,5,7-8H2,1H3,(H2,14,16). The Hall–Kier alpha value is -1.82. The predicted molar refractivity (Wildman–Crippen MR) is 72.5 cm³/mol. The van der Waals surface area contributed by atoms with Crippen LogP contribution in [0.2, 0.25) is 0 Å². The van der Waals surface area contributed by atoms with E-state index in [2.05, 4.69) is 22.1 Å². The first-order valence-corrected chi connectivity index (χ1v) is 6.47. The largest absolute Gasteiger partial charge is 0.493 e. The van der Waals surface area contributed by atoms with Crippen LogP contribution in [-0.2, 0) is 0 Å². The zero-order valence-corrected chi connectivity index (χ0v) is 11.1. The summed E-state index contributed by atoms with van der Waals surface area (Å²) in [4.78, 5) is 6.38. The van der Waals surface area contributed by atoms with Crippen molar-refractivity contribution in [1.82, 2.24) is 9.88 Å². The highest BCUT2D eigenvalue weighted by Gasteiger charge is 2.20. The smallest absolute Gasteiger partial charge is 0.188 e. The molecule has 0 amide bonds. The Labute approximate surface area is 112 Å². The summed E-state index contributed by atoms with van der Waals surface area (Å²) in [5.41, 5.74) is 5.90. The van der Waals surface area contributed by atoms with Crippen LogP contribution in [0.25, 0.3) is 0 Å². The van der Waals surface area contributed by atoms with Gasteiger partial charge in [0.2, 0.25) is 0 Å². The summed E-state index contributed by atoms with van der Waals surface area (Å²) in [6.07, 6.45) is 5.11. The van der Waals surface area contributed by atoms with Crippen molar-refractivity contribution in [3.05, 3.63) is 24.0 Å². The number of likely N-dealkylation sites (tertiary alicyclic amines) is 1. The molecule has 6 heteroatoms. The van der Waals surface area contributed by atoms with E-state index in [9.17, 15) is 0 Å². The Balaban J connectivity index is 1.86.